The van der Waals surface area contributed by atoms with Crippen molar-refractivity contribution in [3.63, 3.8) is 0 Å². The van der Waals surface area contributed by atoms with Gasteiger partial charge in [-0.15, -0.1) is 0 Å². The van der Waals surface area contributed by atoms with Gasteiger partial charge in [0.1, 0.15) is 6.04 Å². The topological polar surface area (TPSA) is 66.8 Å². The van der Waals surface area contributed by atoms with Crippen LogP contribution < -0.4 is 0 Å². The molecule has 6 heteroatoms. The summed E-state index contributed by atoms with van der Waals surface area (Å²) in [6.45, 7) is 8.67. The van der Waals surface area contributed by atoms with Crippen LogP contribution in [0.1, 0.15) is 13.3 Å². The predicted molar refractivity (Wildman–Crippen MR) is 69.0 cm³/mol. The fourth-order valence-electron chi connectivity index (χ4n) is 1.29. The van der Waals surface area contributed by atoms with E-state index in [9.17, 15) is 9.59 Å². The third-order valence-corrected chi connectivity index (χ3v) is 4.21. The number of carbonyl (C=O) groups is 2. The Labute approximate surface area is 104 Å². The smallest absolute Gasteiger partial charge is 0.410 e. The molecule has 0 aliphatic heterocycles. The minimum atomic E-state index is -1.23. The lowest BCUT2D eigenvalue weighted by Crippen LogP contribution is -2.42. The Bertz CT molecular complexity index is 275. The van der Waals surface area contributed by atoms with E-state index in [0.29, 0.717) is 13.0 Å². The molecule has 0 aromatic rings. The van der Waals surface area contributed by atoms with E-state index in [1.807, 2.05) is 0 Å². The highest BCUT2D eigenvalue weighted by Crippen LogP contribution is 2.09. The van der Waals surface area contributed by atoms with Gasteiger partial charge in [-0.1, -0.05) is 26.6 Å². The molecular weight excluding hydrogens is 238 g/mol. The van der Waals surface area contributed by atoms with Crippen LogP contribution in [0.2, 0.25) is 25.7 Å². The molecule has 100 valence electrons. The number of hydrogen-bond donors (Lipinski definition) is 1. The average Bonchev–Trinajstić information content (AvgIpc) is 2.15. The van der Waals surface area contributed by atoms with Crippen LogP contribution in [0.15, 0.2) is 0 Å². The van der Waals surface area contributed by atoms with Gasteiger partial charge >= 0.3 is 12.1 Å². The SMILES string of the molecule is CCC(C(=O)O)N(C)C(=O)OCC[Si](C)(C)C. The van der Waals surface area contributed by atoms with E-state index < -0.39 is 26.2 Å². The van der Waals surface area contributed by atoms with Crippen molar-refractivity contribution < 1.29 is 19.4 Å². The van der Waals surface area contributed by atoms with Gasteiger partial charge in [0, 0.05) is 15.1 Å². The van der Waals surface area contributed by atoms with Gasteiger partial charge < -0.3 is 9.84 Å². The van der Waals surface area contributed by atoms with Gasteiger partial charge in [-0.2, -0.15) is 0 Å². The van der Waals surface area contributed by atoms with Crippen LogP contribution >= 0.6 is 0 Å². The summed E-state index contributed by atoms with van der Waals surface area (Å²) in [5.41, 5.74) is 0. The fraction of sp³-hybridized carbons (Fsp3) is 0.818. The first-order valence-electron chi connectivity index (χ1n) is 5.81. The maximum absolute atomic E-state index is 11.6. The summed E-state index contributed by atoms with van der Waals surface area (Å²) >= 11 is 0. The van der Waals surface area contributed by atoms with Gasteiger partial charge in [0.05, 0.1) is 6.61 Å². The van der Waals surface area contributed by atoms with Gasteiger partial charge in [-0.25, -0.2) is 9.59 Å². The molecule has 5 nitrogen and oxygen atoms in total. The van der Waals surface area contributed by atoms with Crippen LogP contribution in [-0.2, 0) is 9.53 Å². The molecule has 0 bridgehead atoms. The quantitative estimate of drug-likeness (QED) is 0.745. The zero-order valence-corrected chi connectivity index (χ0v) is 12.3. The molecule has 0 aromatic heterocycles. The Hall–Kier alpha value is -1.04. The van der Waals surface area contributed by atoms with Crippen LogP contribution in [0.4, 0.5) is 4.79 Å². The van der Waals surface area contributed by atoms with E-state index in [2.05, 4.69) is 19.6 Å². The summed E-state index contributed by atoms with van der Waals surface area (Å²) in [5.74, 6) is -1.00. The van der Waals surface area contributed by atoms with E-state index >= 15 is 0 Å². The summed E-state index contributed by atoms with van der Waals surface area (Å²) in [7, 11) is 0.229. The molecule has 0 spiro atoms. The van der Waals surface area contributed by atoms with Gasteiger partial charge in [-0.05, 0) is 12.5 Å². The number of ether oxygens (including phenoxy) is 1. The molecule has 0 fully saturated rings. The Morgan fingerprint density at radius 1 is 1.35 bits per heavy atom. The van der Waals surface area contributed by atoms with Crippen molar-refractivity contribution in [1.29, 1.82) is 0 Å². The summed E-state index contributed by atoms with van der Waals surface area (Å²) in [6, 6.07) is 0.0746. The Kier molecular flexibility index (Phi) is 6.23. The van der Waals surface area contributed by atoms with Gasteiger partial charge in [0.25, 0.3) is 0 Å². The highest BCUT2D eigenvalue weighted by molar-refractivity contribution is 6.76. The van der Waals surface area contributed by atoms with Gasteiger partial charge in [0.2, 0.25) is 0 Å². The molecule has 1 atom stereocenters. The Morgan fingerprint density at radius 2 is 1.88 bits per heavy atom. The molecule has 0 rings (SSSR count). The van der Waals surface area contributed by atoms with E-state index in [0.717, 1.165) is 10.9 Å². The molecule has 1 N–H and O–H groups in total. The van der Waals surface area contributed by atoms with Crippen molar-refractivity contribution in [3.8, 4) is 0 Å². The van der Waals surface area contributed by atoms with E-state index in [1.165, 1.54) is 7.05 Å². The summed E-state index contributed by atoms with van der Waals surface area (Å²) < 4.78 is 5.07. The van der Waals surface area contributed by atoms with Crippen molar-refractivity contribution in [2.75, 3.05) is 13.7 Å². The first-order valence-corrected chi connectivity index (χ1v) is 9.52. The molecule has 17 heavy (non-hydrogen) atoms. The number of carboxylic acids is 1. The lowest BCUT2D eigenvalue weighted by atomic mass is 10.2. The van der Waals surface area contributed by atoms with Gasteiger partial charge in [0.15, 0.2) is 0 Å². The number of rotatable bonds is 6. The molecule has 0 aromatic carbocycles. The molecular formula is C11H23NO4Si. The molecule has 0 radical (unpaired) electrons. The summed E-state index contributed by atoms with van der Waals surface area (Å²) in [4.78, 5) is 23.6. The highest BCUT2D eigenvalue weighted by atomic mass is 28.3. The van der Waals surface area contributed by atoms with Gasteiger partial charge in [-0.3, -0.25) is 4.90 Å². The summed E-state index contributed by atoms with van der Waals surface area (Å²) in [6.07, 6.45) is -0.188. The maximum Gasteiger partial charge on any atom is 0.410 e. The molecule has 1 unspecified atom stereocenters. The molecule has 0 aliphatic rings. The van der Waals surface area contributed by atoms with Crippen LogP contribution in [0.5, 0.6) is 0 Å². The maximum atomic E-state index is 11.6. The highest BCUT2D eigenvalue weighted by Gasteiger charge is 2.26. The zero-order valence-electron chi connectivity index (χ0n) is 11.3. The van der Waals surface area contributed by atoms with Crippen LogP contribution in [0.25, 0.3) is 0 Å². The van der Waals surface area contributed by atoms with Crippen LogP contribution in [0, 0.1) is 0 Å². The summed E-state index contributed by atoms with van der Waals surface area (Å²) in [5, 5.41) is 8.90. The normalized spacial score (nSPS) is 13.0. The Morgan fingerprint density at radius 3 is 2.24 bits per heavy atom. The number of nitrogens with zero attached hydrogens (tertiary/aromatic N) is 1. The number of amides is 1. The Balaban J connectivity index is 4.18. The standard InChI is InChI=1S/C11H23NO4Si/c1-6-9(10(13)14)12(2)11(15)16-7-8-17(3,4)5/h9H,6-8H2,1-5H3,(H,13,14). The van der Waals surface area contributed by atoms with Crippen molar-refractivity contribution in [1.82, 2.24) is 4.90 Å². The second kappa shape index (κ2) is 6.63. The molecule has 0 saturated carbocycles. The molecule has 1 amide bonds. The first-order chi connectivity index (χ1) is 7.69. The average molecular weight is 261 g/mol. The van der Waals surface area contributed by atoms with E-state index in [-0.39, 0.29) is 0 Å². The van der Waals surface area contributed by atoms with E-state index in [1.54, 1.807) is 6.92 Å². The van der Waals surface area contributed by atoms with Crippen molar-refractivity contribution in [2.45, 2.75) is 45.1 Å². The van der Waals surface area contributed by atoms with Crippen molar-refractivity contribution >= 4 is 20.1 Å². The zero-order chi connectivity index (χ0) is 13.6. The van der Waals surface area contributed by atoms with Crippen molar-refractivity contribution in [3.05, 3.63) is 0 Å². The van der Waals surface area contributed by atoms with Crippen LogP contribution in [-0.4, -0.2) is 49.8 Å². The first kappa shape index (κ1) is 16.0. The second-order valence-corrected chi connectivity index (χ2v) is 10.9. The number of likely N-dealkylation sites (N-methyl/N-ethyl adjacent to an activating group) is 1. The third kappa shape index (κ3) is 6.30. The molecule has 0 saturated heterocycles. The van der Waals surface area contributed by atoms with Crippen LogP contribution in [0.3, 0.4) is 0 Å². The monoisotopic (exact) mass is 261 g/mol. The number of carboxylic acid groups (broad SMARTS) is 1. The minimum absolute atomic E-state index is 0.370. The number of hydrogen-bond acceptors (Lipinski definition) is 3. The number of aliphatic carboxylic acids is 1. The second-order valence-electron chi connectivity index (χ2n) is 5.30. The lowest BCUT2D eigenvalue weighted by Gasteiger charge is -2.24. The van der Waals surface area contributed by atoms with E-state index in [4.69, 9.17) is 9.84 Å². The fourth-order valence-corrected chi connectivity index (χ4v) is 2.00. The minimum Gasteiger partial charge on any atom is -0.480 e. The largest absolute Gasteiger partial charge is 0.480 e. The predicted octanol–water partition coefficient (Wildman–Crippen LogP) is 2.26. The lowest BCUT2D eigenvalue weighted by molar-refractivity contribution is -0.142. The molecule has 0 aliphatic carbocycles. The number of carbonyl (C=O) groups excluding carboxylic acids is 1. The van der Waals surface area contributed by atoms with Crippen molar-refractivity contribution in [2.24, 2.45) is 0 Å². The molecule has 0 heterocycles. The third-order valence-electron chi connectivity index (χ3n) is 2.50.